The highest BCUT2D eigenvalue weighted by Gasteiger charge is 2.09. The van der Waals surface area contributed by atoms with E-state index in [1.165, 1.54) is 48.7 Å². The number of rotatable bonds is 1. The molecule has 0 N–H and O–H groups in total. The highest BCUT2D eigenvalue weighted by atomic mass is 14.1. The van der Waals surface area contributed by atoms with Crippen molar-refractivity contribution in [2.24, 2.45) is 0 Å². The molecule has 0 fully saturated rings. The van der Waals surface area contributed by atoms with Crippen LogP contribution < -0.4 is 0 Å². The van der Waals surface area contributed by atoms with Gasteiger partial charge >= 0.3 is 0 Å². The lowest BCUT2D eigenvalue weighted by atomic mass is 9.92. The molecule has 0 spiro atoms. The zero-order valence-electron chi connectivity index (χ0n) is 13.6. The summed E-state index contributed by atoms with van der Waals surface area (Å²) < 4.78 is 0. The zero-order chi connectivity index (χ0) is 16.1. The van der Waals surface area contributed by atoms with Gasteiger partial charge in [-0.2, -0.15) is 0 Å². The molecular weight excluding hydrogens is 288 g/mol. The van der Waals surface area contributed by atoms with Gasteiger partial charge in [0.1, 0.15) is 0 Å². The molecule has 0 saturated carbocycles. The lowest BCUT2D eigenvalue weighted by Crippen LogP contribution is -1.86. The monoisotopic (exact) mass is 305 g/mol. The minimum atomic E-state index is 1.30. The Morgan fingerprint density at radius 3 is 2.00 bits per heavy atom. The van der Waals surface area contributed by atoms with E-state index in [4.69, 9.17) is 0 Å². The van der Waals surface area contributed by atoms with Gasteiger partial charge in [0, 0.05) is 0 Å². The largest absolute Gasteiger partial charge is 0.0616 e. The van der Waals surface area contributed by atoms with Gasteiger partial charge in [0.15, 0.2) is 0 Å². The Bertz CT molecular complexity index is 1230. The van der Waals surface area contributed by atoms with Gasteiger partial charge in [0.2, 0.25) is 0 Å². The minimum Gasteiger partial charge on any atom is -0.0616 e. The molecule has 0 aromatic heterocycles. The van der Waals surface area contributed by atoms with E-state index in [9.17, 15) is 0 Å². The third-order valence-electron chi connectivity index (χ3n) is 5.11. The maximum Gasteiger partial charge on any atom is -0.00701 e. The standard InChI is InChI=1S/C24H17/c1-2-16-7-5-8-18-11-13-22-21-12-10-17-6-3-4-9-19(17)20(21)14-15-23(22)24(16)18/h2-15H,1H3. The van der Waals surface area contributed by atoms with Crippen LogP contribution in [0, 0.1) is 6.42 Å². The number of fused-ring (bicyclic) bond motifs is 7. The number of hydrogen-bond donors (Lipinski definition) is 0. The zero-order valence-corrected chi connectivity index (χ0v) is 13.6. The Morgan fingerprint density at radius 2 is 1.12 bits per heavy atom. The molecule has 24 heavy (non-hydrogen) atoms. The van der Waals surface area contributed by atoms with Crippen molar-refractivity contribution in [2.45, 2.75) is 6.92 Å². The van der Waals surface area contributed by atoms with Gasteiger partial charge in [0.05, 0.1) is 0 Å². The summed E-state index contributed by atoms with van der Waals surface area (Å²) in [5, 5.41) is 10.6. The van der Waals surface area contributed by atoms with Crippen molar-refractivity contribution in [3.05, 3.63) is 90.8 Å². The number of hydrogen-bond acceptors (Lipinski definition) is 0. The van der Waals surface area contributed by atoms with Gasteiger partial charge in [-0.05, 0) is 55.1 Å². The molecule has 113 valence electrons. The number of benzene rings is 5. The Morgan fingerprint density at radius 1 is 0.500 bits per heavy atom. The van der Waals surface area contributed by atoms with Crippen LogP contribution in [0.5, 0.6) is 0 Å². The van der Waals surface area contributed by atoms with Crippen LogP contribution in [0.15, 0.2) is 78.9 Å². The summed E-state index contributed by atoms with van der Waals surface area (Å²) >= 11 is 0. The summed E-state index contributed by atoms with van der Waals surface area (Å²) in [6.07, 6.45) is 2.20. The molecule has 5 aromatic carbocycles. The van der Waals surface area contributed by atoms with Crippen LogP contribution in [-0.2, 0) is 0 Å². The summed E-state index contributed by atoms with van der Waals surface area (Å²) in [4.78, 5) is 0. The van der Waals surface area contributed by atoms with Crippen molar-refractivity contribution < 1.29 is 0 Å². The molecule has 0 bridgehead atoms. The summed E-state index contributed by atoms with van der Waals surface area (Å²) in [7, 11) is 0. The first-order valence-electron chi connectivity index (χ1n) is 8.42. The second kappa shape index (κ2) is 5.07. The molecule has 0 saturated heterocycles. The van der Waals surface area contributed by atoms with Gasteiger partial charge in [-0.1, -0.05) is 85.8 Å². The Kier molecular flexibility index (Phi) is 2.87. The van der Waals surface area contributed by atoms with Crippen LogP contribution >= 0.6 is 0 Å². The molecule has 0 aliphatic carbocycles. The first kappa shape index (κ1) is 13.6. The van der Waals surface area contributed by atoms with Crippen LogP contribution in [0.3, 0.4) is 0 Å². The second-order valence-corrected chi connectivity index (χ2v) is 6.34. The molecule has 0 aliphatic heterocycles. The highest BCUT2D eigenvalue weighted by molar-refractivity contribution is 6.22. The first-order valence-corrected chi connectivity index (χ1v) is 8.42. The maximum atomic E-state index is 2.29. The van der Waals surface area contributed by atoms with Crippen LogP contribution in [0.1, 0.15) is 12.5 Å². The average Bonchev–Trinajstić information content (AvgIpc) is 2.66. The van der Waals surface area contributed by atoms with Crippen molar-refractivity contribution in [3.63, 3.8) is 0 Å². The molecule has 0 aliphatic rings. The summed E-state index contributed by atoms with van der Waals surface area (Å²) in [6, 6.07) is 28.8. The fraction of sp³-hybridized carbons (Fsp3) is 0.0417. The summed E-state index contributed by atoms with van der Waals surface area (Å²) in [6.45, 7) is 2.11. The third kappa shape index (κ3) is 1.80. The fourth-order valence-electron chi connectivity index (χ4n) is 3.96. The molecule has 0 heterocycles. The highest BCUT2D eigenvalue weighted by Crippen LogP contribution is 2.36. The lowest BCUT2D eigenvalue weighted by molar-refractivity contribution is 1.47. The van der Waals surface area contributed by atoms with Crippen LogP contribution in [0.2, 0.25) is 0 Å². The van der Waals surface area contributed by atoms with Crippen LogP contribution in [0.25, 0.3) is 43.1 Å². The van der Waals surface area contributed by atoms with Crippen molar-refractivity contribution in [2.75, 3.05) is 0 Å². The molecule has 0 nitrogen and oxygen atoms in total. The summed E-state index contributed by atoms with van der Waals surface area (Å²) in [5.41, 5.74) is 1.30. The van der Waals surface area contributed by atoms with E-state index in [2.05, 4.69) is 92.2 Å². The van der Waals surface area contributed by atoms with E-state index >= 15 is 0 Å². The topological polar surface area (TPSA) is 0 Å². The Labute approximate surface area is 141 Å². The smallest absolute Gasteiger partial charge is 0.00701 e. The van der Waals surface area contributed by atoms with E-state index in [0.717, 1.165) is 0 Å². The van der Waals surface area contributed by atoms with Gasteiger partial charge < -0.3 is 0 Å². The molecule has 0 atom stereocenters. The summed E-state index contributed by atoms with van der Waals surface area (Å²) in [5.74, 6) is 0. The maximum absolute atomic E-state index is 2.29. The van der Waals surface area contributed by atoms with E-state index in [-0.39, 0.29) is 0 Å². The van der Waals surface area contributed by atoms with E-state index in [1.807, 2.05) is 0 Å². The molecule has 5 aromatic rings. The van der Waals surface area contributed by atoms with Crippen molar-refractivity contribution in [1.29, 1.82) is 0 Å². The normalized spacial score (nSPS) is 11.7. The fourth-order valence-corrected chi connectivity index (χ4v) is 3.96. The molecule has 0 amide bonds. The Balaban J connectivity index is 2.02. The predicted molar refractivity (Wildman–Crippen MR) is 106 cm³/mol. The van der Waals surface area contributed by atoms with E-state index in [0.29, 0.717) is 0 Å². The van der Waals surface area contributed by atoms with Gasteiger partial charge in [-0.15, -0.1) is 0 Å². The molecular formula is C24H17. The lowest BCUT2D eigenvalue weighted by Gasteiger charge is -2.12. The molecule has 0 heteroatoms. The van der Waals surface area contributed by atoms with Crippen LogP contribution in [0.4, 0.5) is 0 Å². The molecule has 1 radical (unpaired) electrons. The average molecular weight is 305 g/mol. The predicted octanol–water partition coefficient (Wildman–Crippen LogP) is 6.87. The van der Waals surface area contributed by atoms with Gasteiger partial charge in [0.25, 0.3) is 0 Å². The quantitative estimate of drug-likeness (QED) is 0.296. The van der Waals surface area contributed by atoms with Crippen molar-refractivity contribution in [3.8, 4) is 0 Å². The van der Waals surface area contributed by atoms with Gasteiger partial charge in [-0.25, -0.2) is 0 Å². The second-order valence-electron chi connectivity index (χ2n) is 6.34. The first-order chi connectivity index (χ1) is 11.9. The van der Waals surface area contributed by atoms with E-state index < -0.39 is 0 Å². The SMILES string of the molecule is C[CH]c1cccc2ccc3c4ccc5ccccc5c4ccc3c12. The minimum absolute atomic E-state index is 1.30. The third-order valence-corrected chi connectivity index (χ3v) is 5.11. The van der Waals surface area contributed by atoms with E-state index in [1.54, 1.807) is 0 Å². The van der Waals surface area contributed by atoms with Crippen LogP contribution in [-0.4, -0.2) is 0 Å². The van der Waals surface area contributed by atoms with Crippen molar-refractivity contribution in [1.82, 2.24) is 0 Å². The van der Waals surface area contributed by atoms with Gasteiger partial charge in [-0.3, -0.25) is 0 Å². The van der Waals surface area contributed by atoms with Crippen molar-refractivity contribution >= 4 is 43.1 Å². The molecule has 5 rings (SSSR count). The Hall–Kier alpha value is -2.86. The molecule has 0 unspecified atom stereocenters.